The van der Waals surface area contributed by atoms with Gasteiger partial charge in [-0.25, -0.2) is 0 Å². The third-order valence-electron chi connectivity index (χ3n) is 3.85. The van der Waals surface area contributed by atoms with Crippen LogP contribution < -0.4 is 15.8 Å². The van der Waals surface area contributed by atoms with Gasteiger partial charge in [-0.2, -0.15) is 0 Å². The lowest BCUT2D eigenvalue weighted by molar-refractivity contribution is -0.122. The van der Waals surface area contributed by atoms with Gasteiger partial charge in [0.2, 0.25) is 5.91 Å². The molecule has 0 saturated heterocycles. The van der Waals surface area contributed by atoms with Crippen LogP contribution in [-0.2, 0) is 4.79 Å². The number of nitrogens with two attached hydrogens (primary N) is 1. The van der Waals surface area contributed by atoms with Crippen molar-refractivity contribution in [3.05, 3.63) is 29.8 Å². The molecule has 1 unspecified atom stereocenters. The van der Waals surface area contributed by atoms with E-state index in [-0.39, 0.29) is 11.9 Å². The molecule has 1 aromatic carbocycles. The third-order valence-corrected chi connectivity index (χ3v) is 3.85. The first-order chi connectivity index (χ1) is 10.2. The number of carbonyl (C=O) groups is 1. The van der Waals surface area contributed by atoms with Crippen LogP contribution in [0.15, 0.2) is 24.3 Å². The average Bonchev–Trinajstić information content (AvgIpc) is 3.29. The number of carbonyl (C=O) groups excluding carboxylic acids is 1. The number of rotatable bonds is 9. The van der Waals surface area contributed by atoms with E-state index in [1.165, 1.54) is 18.4 Å². The highest BCUT2D eigenvalue weighted by Gasteiger charge is 2.30. The van der Waals surface area contributed by atoms with Crippen LogP contribution in [0.3, 0.4) is 0 Å². The molecule has 1 aliphatic carbocycles. The molecule has 1 fully saturated rings. The summed E-state index contributed by atoms with van der Waals surface area (Å²) in [5.41, 5.74) is 6.87. The molecule has 1 aromatic rings. The molecule has 4 heteroatoms. The van der Waals surface area contributed by atoms with Crippen molar-refractivity contribution in [2.45, 2.75) is 45.1 Å². The molecule has 1 saturated carbocycles. The molecule has 21 heavy (non-hydrogen) atoms. The molecule has 0 heterocycles. The first-order valence-electron chi connectivity index (χ1n) is 7.88. The predicted molar refractivity (Wildman–Crippen MR) is 84.2 cm³/mol. The van der Waals surface area contributed by atoms with Crippen molar-refractivity contribution in [3.8, 4) is 5.75 Å². The number of hydrogen-bond donors (Lipinski definition) is 2. The van der Waals surface area contributed by atoms with E-state index in [1.54, 1.807) is 0 Å². The lowest BCUT2D eigenvalue weighted by Gasteiger charge is -2.15. The number of aryl methyl sites for hydroxylation is 1. The normalized spacial score (nSPS) is 15.5. The van der Waals surface area contributed by atoms with Crippen molar-refractivity contribution >= 4 is 5.91 Å². The molecule has 3 N–H and O–H groups in total. The second kappa shape index (κ2) is 8.03. The maximum Gasteiger partial charge on any atom is 0.220 e. The van der Waals surface area contributed by atoms with Crippen molar-refractivity contribution < 1.29 is 9.53 Å². The number of benzene rings is 1. The van der Waals surface area contributed by atoms with E-state index >= 15 is 0 Å². The van der Waals surface area contributed by atoms with Crippen LogP contribution in [0.4, 0.5) is 0 Å². The number of nitrogens with one attached hydrogen (secondary N) is 1. The van der Waals surface area contributed by atoms with E-state index in [9.17, 15) is 4.79 Å². The maximum absolute atomic E-state index is 11.8. The summed E-state index contributed by atoms with van der Waals surface area (Å²) in [6.45, 7) is 3.25. The van der Waals surface area contributed by atoms with E-state index in [1.807, 2.05) is 31.2 Å². The summed E-state index contributed by atoms with van der Waals surface area (Å²) in [5, 5.41) is 3.04. The summed E-state index contributed by atoms with van der Waals surface area (Å²) in [4.78, 5) is 11.8. The molecule has 0 spiro atoms. The molecule has 4 nitrogen and oxygen atoms in total. The van der Waals surface area contributed by atoms with E-state index < -0.39 is 0 Å². The zero-order chi connectivity index (χ0) is 15.1. The van der Waals surface area contributed by atoms with Crippen LogP contribution in [0.5, 0.6) is 5.75 Å². The minimum atomic E-state index is 0.118. The van der Waals surface area contributed by atoms with Crippen LogP contribution in [-0.4, -0.2) is 25.1 Å². The summed E-state index contributed by atoms with van der Waals surface area (Å²) in [6.07, 6.45) is 4.69. The monoisotopic (exact) mass is 290 g/mol. The average molecular weight is 290 g/mol. The number of hydrogen-bond acceptors (Lipinski definition) is 3. The van der Waals surface area contributed by atoms with Gasteiger partial charge in [-0.05, 0) is 56.2 Å². The van der Waals surface area contributed by atoms with Gasteiger partial charge >= 0.3 is 0 Å². The van der Waals surface area contributed by atoms with Crippen molar-refractivity contribution in [2.24, 2.45) is 11.7 Å². The van der Waals surface area contributed by atoms with E-state index in [2.05, 4.69) is 5.32 Å². The predicted octanol–water partition coefficient (Wildman–Crippen LogP) is 2.40. The first kappa shape index (κ1) is 15.8. The van der Waals surface area contributed by atoms with Crippen LogP contribution in [0.2, 0.25) is 0 Å². The molecular weight excluding hydrogens is 264 g/mol. The molecule has 2 rings (SSSR count). The zero-order valence-electron chi connectivity index (χ0n) is 12.8. The topological polar surface area (TPSA) is 64.3 Å². The number of unbranched alkanes of at least 4 members (excludes halogenated alkanes) is 1. The van der Waals surface area contributed by atoms with Crippen LogP contribution >= 0.6 is 0 Å². The van der Waals surface area contributed by atoms with Gasteiger partial charge in [-0.15, -0.1) is 0 Å². The Balaban J connectivity index is 1.55. The molecular formula is C17H26N2O2. The van der Waals surface area contributed by atoms with Gasteiger partial charge in [0, 0.05) is 19.0 Å². The second-order valence-electron chi connectivity index (χ2n) is 5.87. The van der Waals surface area contributed by atoms with Crippen molar-refractivity contribution in [1.29, 1.82) is 0 Å². The van der Waals surface area contributed by atoms with Crippen molar-refractivity contribution in [2.75, 3.05) is 13.2 Å². The Labute approximate surface area is 127 Å². The van der Waals surface area contributed by atoms with Crippen LogP contribution in [0, 0.1) is 12.8 Å². The highest BCUT2D eigenvalue weighted by molar-refractivity contribution is 5.76. The van der Waals surface area contributed by atoms with Gasteiger partial charge in [0.1, 0.15) is 5.75 Å². The molecule has 0 radical (unpaired) electrons. The third kappa shape index (κ3) is 5.76. The molecule has 116 valence electrons. The summed E-state index contributed by atoms with van der Waals surface area (Å²) < 4.78 is 5.67. The fourth-order valence-electron chi connectivity index (χ4n) is 2.43. The fraction of sp³-hybridized carbons (Fsp3) is 0.588. The lowest BCUT2D eigenvalue weighted by Crippen LogP contribution is -2.41. The number of amides is 1. The van der Waals surface area contributed by atoms with E-state index in [4.69, 9.17) is 10.5 Å². The van der Waals surface area contributed by atoms with Gasteiger partial charge in [-0.1, -0.05) is 12.1 Å². The fourth-order valence-corrected chi connectivity index (χ4v) is 2.43. The Morgan fingerprint density at radius 2 is 2.24 bits per heavy atom. The summed E-state index contributed by atoms with van der Waals surface area (Å²) >= 11 is 0. The number of ether oxygens (including phenoxy) is 1. The van der Waals surface area contributed by atoms with Crippen molar-refractivity contribution in [1.82, 2.24) is 5.32 Å². The zero-order valence-corrected chi connectivity index (χ0v) is 12.8. The van der Waals surface area contributed by atoms with Gasteiger partial charge in [0.15, 0.2) is 0 Å². The van der Waals surface area contributed by atoms with Crippen LogP contribution in [0.1, 0.15) is 37.7 Å². The summed E-state index contributed by atoms with van der Waals surface area (Å²) in [5.74, 6) is 1.63. The quantitative estimate of drug-likeness (QED) is 0.686. The Hall–Kier alpha value is -1.55. The van der Waals surface area contributed by atoms with Gasteiger partial charge in [0.25, 0.3) is 0 Å². The largest absolute Gasteiger partial charge is 0.494 e. The standard InChI is InChI=1S/C17H26N2O2/c1-13-5-4-6-15(11-13)21-10-3-2-7-17(20)19-16(12-18)14-8-9-14/h4-6,11,14,16H,2-3,7-10,12,18H2,1H3,(H,19,20). The Morgan fingerprint density at radius 3 is 2.90 bits per heavy atom. The van der Waals surface area contributed by atoms with Crippen molar-refractivity contribution in [3.63, 3.8) is 0 Å². The smallest absolute Gasteiger partial charge is 0.220 e. The molecule has 0 aliphatic heterocycles. The molecule has 0 aromatic heterocycles. The Morgan fingerprint density at radius 1 is 1.43 bits per heavy atom. The minimum Gasteiger partial charge on any atom is -0.494 e. The second-order valence-corrected chi connectivity index (χ2v) is 5.87. The Kier molecular flexibility index (Phi) is 6.05. The highest BCUT2D eigenvalue weighted by atomic mass is 16.5. The van der Waals surface area contributed by atoms with Crippen LogP contribution in [0.25, 0.3) is 0 Å². The van der Waals surface area contributed by atoms with Gasteiger partial charge in [0.05, 0.1) is 6.61 Å². The van der Waals surface area contributed by atoms with Gasteiger partial charge in [-0.3, -0.25) is 4.79 Å². The molecule has 0 bridgehead atoms. The minimum absolute atomic E-state index is 0.118. The SMILES string of the molecule is Cc1cccc(OCCCCC(=O)NC(CN)C2CC2)c1. The summed E-state index contributed by atoms with van der Waals surface area (Å²) in [6, 6.07) is 8.20. The molecule has 1 aliphatic rings. The van der Waals surface area contributed by atoms with Gasteiger partial charge < -0.3 is 15.8 Å². The Bertz CT molecular complexity index is 458. The molecule has 1 amide bonds. The molecule has 1 atom stereocenters. The first-order valence-corrected chi connectivity index (χ1v) is 7.88. The maximum atomic E-state index is 11.8. The lowest BCUT2D eigenvalue weighted by atomic mass is 10.1. The van der Waals surface area contributed by atoms with E-state index in [0.717, 1.165) is 18.6 Å². The van der Waals surface area contributed by atoms with E-state index in [0.29, 0.717) is 25.5 Å². The highest BCUT2D eigenvalue weighted by Crippen LogP contribution is 2.32. The summed E-state index contributed by atoms with van der Waals surface area (Å²) in [7, 11) is 0.